The number of benzene rings is 4. The summed E-state index contributed by atoms with van der Waals surface area (Å²) >= 11 is 12.9. The van der Waals surface area contributed by atoms with Crippen LogP contribution in [-0.2, 0) is 6.61 Å². The summed E-state index contributed by atoms with van der Waals surface area (Å²) in [6.45, 7) is 2.78. The van der Waals surface area contributed by atoms with Gasteiger partial charge in [-0.25, -0.2) is 5.43 Å². The Kier molecular flexibility index (Phi) is 7.30. The van der Waals surface area contributed by atoms with Crippen LogP contribution in [0, 0.1) is 0 Å². The highest BCUT2D eigenvalue weighted by molar-refractivity contribution is 6.37. The smallest absolute Gasteiger partial charge is 0.307 e. The summed E-state index contributed by atoms with van der Waals surface area (Å²) in [6, 6.07) is 24.6. The van der Waals surface area contributed by atoms with Crippen LogP contribution in [0.3, 0.4) is 0 Å². The summed E-state index contributed by atoms with van der Waals surface area (Å²) in [5.41, 5.74) is 4.63. The second kappa shape index (κ2) is 10.9. The van der Waals surface area contributed by atoms with E-state index in [1.165, 1.54) is 6.21 Å². The van der Waals surface area contributed by atoms with Crippen molar-refractivity contribution in [2.24, 2.45) is 5.10 Å². The SMILES string of the molecule is CCOc1ccc2oc(C(=O)N/N=C/c3cc(Cl)c(OCc4ccc5ccccc5c4)c(Cl)c3)cc2c1. The lowest BCUT2D eigenvalue weighted by atomic mass is 10.1. The Labute approximate surface area is 223 Å². The molecule has 0 spiro atoms. The molecule has 0 fully saturated rings. The largest absolute Gasteiger partial charge is 0.494 e. The van der Waals surface area contributed by atoms with E-state index in [1.807, 2.05) is 31.2 Å². The van der Waals surface area contributed by atoms with Crippen LogP contribution < -0.4 is 14.9 Å². The number of halogens is 2. The minimum Gasteiger partial charge on any atom is -0.494 e. The van der Waals surface area contributed by atoms with Crippen molar-refractivity contribution in [2.45, 2.75) is 13.5 Å². The first-order valence-electron chi connectivity index (χ1n) is 11.6. The summed E-state index contributed by atoms with van der Waals surface area (Å²) in [4.78, 5) is 12.5. The average molecular weight is 533 g/mol. The first kappa shape index (κ1) is 24.7. The van der Waals surface area contributed by atoms with E-state index in [-0.39, 0.29) is 5.76 Å². The van der Waals surface area contributed by atoms with Crippen LogP contribution >= 0.6 is 23.2 Å². The maximum Gasteiger partial charge on any atom is 0.307 e. The minimum atomic E-state index is -0.488. The van der Waals surface area contributed by atoms with Crippen LogP contribution in [-0.4, -0.2) is 18.7 Å². The Morgan fingerprint density at radius 2 is 1.70 bits per heavy atom. The molecule has 0 aliphatic rings. The van der Waals surface area contributed by atoms with Crippen molar-refractivity contribution < 1.29 is 18.7 Å². The highest BCUT2D eigenvalue weighted by Crippen LogP contribution is 2.34. The second-order valence-electron chi connectivity index (χ2n) is 8.23. The van der Waals surface area contributed by atoms with Gasteiger partial charge in [0.2, 0.25) is 0 Å². The predicted octanol–water partition coefficient (Wildman–Crippen LogP) is 7.63. The first-order valence-corrected chi connectivity index (χ1v) is 12.3. The van der Waals surface area contributed by atoms with E-state index < -0.39 is 5.91 Å². The van der Waals surface area contributed by atoms with Gasteiger partial charge in [-0.05, 0) is 71.3 Å². The molecule has 0 saturated carbocycles. The lowest BCUT2D eigenvalue weighted by Crippen LogP contribution is -2.16. The third-order valence-electron chi connectivity index (χ3n) is 5.62. The number of amides is 1. The molecule has 5 rings (SSSR count). The molecule has 6 nitrogen and oxygen atoms in total. The Hall–Kier alpha value is -4.00. The van der Waals surface area contributed by atoms with Gasteiger partial charge in [0, 0.05) is 5.39 Å². The van der Waals surface area contributed by atoms with Crippen LogP contribution in [0.15, 0.2) is 88.4 Å². The lowest BCUT2D eigenvalue weighted by Gasteiger charge is -2.11. The molecule has 0 bridgehead atoms. The van der Waals surface area contributed by atoms with Crippen LogP contribution in [0.5, 0.6) is 11.5 Å². The van der Waals surface area contributed by atoms with Gasteiger partial charge in [0.05, 0.1) is 22.9 Å². The molecule has 37 heavy (non-hydrogen) atoms. The molecule has 186 valence electrons. The van der Waals surface area contributed by atoms with Crippen LogP contribution in [0.25, 0.3) is 21.7 Å². The molecule has 1 heterocycles. The van der Waals surface area contributed by atoms with E-state index in [1.54, 1.807) is 30.3 Å². The molecule has 0 saturated heterocycles. The lowest BCUT2D eigenvalue weighted by molar-refractivity contribution is 0.0929. The fourth-order valence-corrected chi connectivity index (χ4v) is 4.50. The number of rotatable bonds is 8. The number of hydrazone groups is 1. The Bertz CT molecular complexity index is 1600. The number of carbonyl (C=O) groups is 1. The van der Waals surface area contributed by atoms with Gasteiger partial charge in [0.1, 0.15) is 17.9 Å². The maximum atomic E-state index is 12.5. The summed E-state index contributed by atoms with van der Waals surface area (Å²) < 4.78 is 17.0. The molecular formula is C29H22Cl2N2O4. The molecule has 0 aliphatic heterocycles. The summed E-state index contributed by atoms with van der Waals surface area (Å²) in [7, 11) is 0. The molecule has 1 amide bonds. The molecule has 4 aromatic carbocycles. The normalized spacial score (nSPS) is 11.3. The minimum absolute atomic E-state index is 0.134. The predicted molar refractivity (Wildman–Crippen MR) is 147 cm³/mol. The Morgan fingerprint density at radius 3 is 2.49 bits per heavy atom. The third kappa shape index (κ3) is 5.71. The molecule has 0 atom stereocenters. The van der Waals surface area contributed by atoms with Gasteiger partial charge < -0.3 is 13.9 Å². The zero-order valence-electron chi connectivity index (χ0n) is 19.8. The van der Waals surface area contributed by atoms with E-state index in [2.05, 4.69) is 34.8 Å². The summed E-state index contributed by atoms with van der Waals surface area (Å²) in [5.74, 6) is 0.734. The first-order chi connectivity index (χ1) is 18.0. The van der Waals surface area contributed by atoms with Gasteiger partial charge >= 0.3 is 5.91 Å². The molecule has 0 aliphatic carbocycles. The van der Waals surface area contributed by atoms with Crippen LogP contribution in [0.4, 0.5) is 0 Å². The van der Waals surface area contributed by atoms with E-state index in [4.69, 9.17) is 37.1 Å². The van der Waals surface area contributed by atoms with Gasteiger partial charge in [0.25, 0.3) is 0 Å². The van der Waals surface area contributed by atoms with Crippen molar-refractivity contribution >= 4 is 57.1 Å². The number of fused-ring (bicyclic) bond motifs is 2. The number of hydrogen-bond donors (Lipinski definition) is 1. The van der Waals surface area contributed by atoms with Gasteiger partial charge in [-0.3, -0.25) is 4.79 Å². The van der Waals surface area contributed by atoms with Crippen LogP contribution in [0.1, 0.15) is 28.6 Å². The molecule has 5 aromatic rings. The van der Waals surface area contributed by atoms with Gasteiger partial charge in [-0.1, -0.05) is 59.6 Å². The number of hydrogen-bond acceptors (Lipinski definition) is 5. The quantitative estimate of drug-likeness (QED) is 0.164. The third-order valence-corrected chi connectivity index (χ3v) is 6.18. The topological polar surface area (TPSA) is 73.1 Å². The molecule has 1 aromatic heterocycles. The summed E-state index contributed by atoms with van der Waals surface area (Å²) in [6.07, 6.45) is 1.44. The number of ether oxygens (including phenoxy) is 2. The van der Waals surface area contributed by atoms with Gasteiger partial charge in [-0.15, -0.1) is 0 Å². The van der Waals surface area contributed by atoms with Gasteiger partial charge in [-0.2, -0.15) is 5.10 Å². The fraction of sp³-hybridized carbons (Fsp3) is 0.103. The van der Waals surface area contributed by atoms with Crippen molar-refractivity contribution in [1.29, 1.82) is 0 Å². The number of nitrogens with one attached hydrogen (secondary N) is 1. The number of furan rings is 1. The van der Waals surface area contributed by atoms with Crippen molar-refractivity contribution in [1.82, 2.24) is 5.43 Å². The summed E-state index contributed by atoms with van der Waals surface area (Å²) in [5, 5.41) is 7.73. The Morgan fingerprint density at radius 1 is 0.919 bits per heavy atom. The molecular weight excluding hydrogens is 511 g/mol. The van der Waals surface area contributed by atoms with Crippen molar-refractivity contribution in [3.8, 4) is 11.5 Å². The molecule has 8 heteroatoms. The van der Waals surface area contributed by atoms with Crippen LogP contribution in [0.2, 0.25) is 10.0 Å². The molecule has 1 N–H and O–H groups in total. The number of carbonyl (C=O) groups excluding carboxylic acids is 1. The fourth-order valence-electron chi connectivity index (χ4n) is 3.89. The highest BCUT2D eigenvalue weighted by atomic mass is 35.5. The van der Waals surface area contributed by atoms with Crippen molar-refractivity contribution in [3.05, 3.63) is 106 Å². The number of nitrogens with zero attached hydrogens (tertiary/aromatic N) is 1. The maximum absolute atomic E-state index is 12.5. The van der Waals surface area contributed by atoms with Crippen molar-refractivity contribution in [2.75, 3.05) is 6.61 Å². The van der Waals surface area contributed by atoms with E-state index in [0.717, 1.165) is 21.7 Å². The Balaban J connectivity index is 1.23. The monoisotopic (exact) mass is 532 g/mol. The van der Waals surface area contributed by atoms with E-state index in [9.17, 15) is 4.79 Å². The standard InChI is InChI=1S/C29H22Cl2N2O4/c1-2-35-23-9-10-26-22(14-23)15-27(37-26)29(34)33-32-16-19-12-24(30)28(25(31)13-19)36-17-18-7-8-20-5-3-4-6-21(20)11-18/h3-16H,2,17H2,1H3,(H,33,34)/b32-16+. The highest BCUT2D eigenvalue weighted by Gasteiger charge is 2.13. The second-order valence-corrected chi connectivity index (χ2v) is 9.04. The van der Waals surface area contributed by atoms with Gasteiger partial charge in [0.15, 0.2) is 11.5 Å². The zero-order valence-corrected chi connectivity index (χ0v) is 21.3. The molecule has 0 unspecified atom stereocenters. The van der Waals surface area contributed by atoms with E-state index in [0.29, 0.717) is 45.9 Å². The van der Waals surface area contributed by atoms with E-state index >= 15 is 0 Å². The van der Waals surface area contributed by atoms with Crippen molar-refractivity contribution in [3.63, 3.8) is 0 Å². The zero-order chi connectivity index (χ0) is 25.8. The molecule has 0 radical (unpaired) electrons. The average Bonchev–Trinajstić information content (AvgIpc) is 3.32.